The lowest BCUT2D eigenvalue weighted by molar-refractivity contribution is 0.153. The molecular weight excluding hydrogens is 360 g/mol. The van der Waals surface area contributed by atoms with Gasteiger partial charge in [-0.15, -0.1) is 11.3 Å². The van der Waals surface area contributed by atoms with Crippen molar-refractivity contribution in [2.45, 2.75) is 70.6 Å². The van der Waals surface area contributed by atoms with Crippen molar-refractivity contribution in [3.05, 3.63) is 22.4 Å². The van der Waals surface area contributed by atoms with E-state index in [4.69, 9.17) is 12.2 Å². The number of thiocarbonyl (C=S) groups is 1. The SMILES string of the molecule is CN(C)CCCN(Cc1cccs1)C(=S)NC1CC(C)(C)NC(C)(C)C1. The van der Waals surface area contributed by atoms with E-state index in [-0.39, 0.29) is 11.1 Å². The summed E-state index contributed by atoms with van der Waals surface area (Å²) in [4.78, 5) is 5.94. The lowest BCUT2D eigenvalue weighted by Crippen LogP contribution is -2.62. The van der Waals surface area contributed by atoms with Crippen LogP contribution in [0.2, 0.25) is 0 Å². The molecule has 2 rings (SSSR count). The Morgan fingerprint density at radius 1 is 1.23 bits per heavy atom. The molecule has 1 saturated heterocycles. The summed E-state index contributed by atoms with van der Waals surface area (Å²) in [5, 5.41) is 10.5. The summed E-state index contributed by atoms with van der Waals surface area (Å²) in [6, 6.07) is 4.73. The molecule has 4 nitrogen and oxygen atoms in total. The van der Waals surface area contributed by atoms with Gasteiger partial charge in [-0.3, -0.25) is 0 Å². The van der Waals surface area contributed by atoms with Crippen molar-refractivity contribution in [3.8, 4) is 0 Å². The van der Waals surface area contributed by atoms with Crippen LogP contribution in [-0.4, -0.2) is 59.2 Å². The van der Waals surface area contributed by atoms with Gasteiger partial charge in [0.15, 0.2) is 5.11 Å². The van der Waals surface area contributed by atoms with Crippen LogP contribution in [0.25, 0.3) is 0 Å². The molecule has 0 saturated carbocycles. The number of piperidine rings is 1. The second-order valence-electron chi connectivity index (χ2n) is 9.11. The summed E-state index contributed by atoms with van der Waals surface area (Å²) in [7, 11) is 4.25. The van der Waals surface area contributed by atoms with Gasteiger partial charge < -0.3 is 20.4 Å². The monoisotopic (exact) mass is 396 g/mol. The van der Waals surface area contributed by atoms with Crippen LogP contribution < -0.4 is 10.6 Å². The Bertz CT molecular complexity index is 550. The van der Waals surface area contributed by atoms with E-state index in [1.54, 1.807) is 11.3 Å². The zero-order chi connectivity index (χ0) is 19.4. The van der Waals surface area contributed by atoms with E-state index < -0.39 is 0 Å². The molecule has 2 heterocycles. The third-order valence-corrected chi connectivity index (χ3v) is 6.00. The van der Waals surface area contributed by atoms with E-state index >= 15 is 0 Å². The number of thiophene rings is 1. The number of nitrogens with one attached hydrogen (secondary N) is 2. The summed E-state index contributed by atoms with van der Waals surface area (Å²) in [5.41, 5.74) is 0.247. The first kappa shape index (κ1) is 21.6. The maximum atomic E-state index is 5.84. The Kier molecular flexibility index (Phi) is 7.48. The highest BCUT2D eigenvalue weighted by atomic mass is 32.1. The predicted octanol–water partition coefficient (Wildman–Crippen LogP) is 3.69. The van der Waals surface area contributed by atoms with Crippen LogP contribution in [0.1, 0.15) is 51.8 Å². The highest BCUT2D eigenvalue weighted by molar-refractivity contribution is 7.80. The van der Waals surface area contributed by atoms with E-state index in [1.807, 2.05) is 0 Å². The fourth-order valence-electron chi connectivity index (χ4n) is 4.11. The molecule has 0 bridgehead atoms. The van der Waals surface area contributed by atoms with Crippen LogP contribution in [0.5, 0.6) is 0 Å². The van der Waals surface area contributed by atoms with Crippen LogP contribution in [0.4, 0.5) is 0 Å². The molecule has 0 amide bonds. The van der Waals surface area contributed by atoms with Crippen LogP contribution in [0, 0.1) is 0 Å². The van der Waals surface area contributed by atoms with Crippen molar-refractivity contribution < 1.29 is 0 Å². The zero-order valence-corrected chi connectivity index (χ0v) is 18.9. The van der Waals surface area contributed by atoms with Gasteiger partial charge in [-0.25, -0.2) is 0 Å². The quantitative estimate of drug-likeness (QED) is 0.687. The molecule has 1 fully saturated rings. The maximum Gasteiger partial charge on any atom is 0.169 e. The molecular formula is C20H36N4S2. The molecule has 0 aliphatic carbocycles. The summed E-state index contributed by atoms with van der Waals surface area (Å²) >= 11 is 7.65. The minimum absolute atomic E-state index is 0.124. The van der Waals surface area contributed by atoms with Crippen molar-refractivity contribution in [1.29, 1.82) is 0 Å². The Balaban J connectivity index is 2.00. The fourth-order valence-corrected chi connectivity index (χ4v) is 5.15. The number of hydrogen-bond donors (Lipinski definition) is 2. The molecule has 0 aromatic carbocycles. The molecule has 0 radical (unpaired) electrons. The molecule has 0 atom stereocenters. The molecule has 148 valence electrons. The topological polar surface area (TPSA) is 30.5 Å². The molecule has 0 unspecified atom stereocenters. The van der Waals surface area contributed by atoms with Gasteiger partial charge in [0.05, 0.1) is 6.54 Å². The van der Waals surface area contributed by atoms with Crippen molar-refractivity contribution in [2.75, 3.05) is 27.2 Å². The van der Waals surface area contributed by atoms with Gasteiger partial charge in [0, 0.05) is 28.5 Å². The first-order chi connectivity index (χ1) is 12.1. The molecule has 26 heavy (non-hydrogen) atoms. The van der Waals surface area contributed by atoms with Gasteiger partial charge in [-0.1, -0.05) is 6.07 Å². The number of rotatable bonds is 7. The highest BCUT2D eigenvalue weighted by Crippen LogP contribution is 2.28. The summed E-state index contributed by atoms with van der Waals surface area (Å²) < 4.78 is 0. The van der Waals surface area contributed by atoms with Crippen LogP contribution in [-0.2, 0) is 6.54 Å². The van der Waals surface area contributed by atoms with Gasteiger partial charge in [-0.05, 0) is 91.3 Å². The molecule has 6 heteroatoms. The van der Waals surface area contributed by atoms with Crippen molar-refractivity contribution in [2.24, 2.45) is 0 Å². The Morgan fingerprint density at radius 3 is 2.42 bits per heavy atom. The Hall–Kier alpha value is -0.690. The molecule has 1 aliphatic rings. The van der Waals surface area contributed by atoms with Gasteiger partial charge in [0.25, 0.3) is 0 Å². The van der Waals surface area contributed by atoms with Crippen LogP contribution >= 0.6 is 23.6 Å². The lowest BCUT2D eigenvalue weighted by Gasteiger charge is -2.47. The number of hydrogen-bond acceptors (Lipinski definition) is 4. The first-order valence-corrected chi connectivity index (χ1v) is 10.9. The van der Waals surface area contributed by atoms with E-state index in [9.17, 15) is 0 Å². The van der Waals surface area contributed by atoms with Crippen LogP contribution in [0.15, 0.2) is 17.5 Å². The third-order valence-electron chi connectivity index (χ3n) is 4.77. The predicted molar refractivity (Wildman–Crippen MR) is 118 cm³/mol. The third kappa shape index (κ3) is 7.14. The lowest BCUT2D eigenvalue weighted by atomic mass is 9.80. The highest BCUT2D eigenvalue weighted by Gasteiger charge is 2.38. The van der Waals surface area contributed by atoms with Gasteiger partial charge in [0.1, 0.15) is 0 Å². The average molecular weight is 397 g/mol. The van der Waals surface area contributed by atoms with Gasteiger partial charge in [-0.2, -0.15) is 0 Å². The smallest absolute Gasteiger partial charge is 0.169 e. The Labute approximate surface area is 169 Å². The van der Waals surface area contributed by atoms with Crippen LogP contribution in [0.3, 0.4) is 0 Å². The standard InChI is InChI=1S/C20H36N4S2/c1-19(2)13-16(14-20(3,4)22-19)21-18(25)24(11-8-10-23(5)6)15-17-9-7-12-26-17/h7,9,12,16,22H,8,10-11,13-15H2,1-6H3,(H,21,25). The second-order valence-corrected chi connectivity index (χ2v) is 10.5. The number of nitrogens with zero attached hydrogens (tertiary/aromatic N) is 2. The minimum atomic E-state index is 0.124. The van der Waals surface area contributed by atoms with E-state index in [1.165, 1.54) is 4.88 Å². The molecule has 1 aromatic rings. The van der Waals surface area contributed by atoms with Crippen molar-refractivity contribution >= 4 is 28.7 Å². The normalized spacial score (nSPS) is 19.5. The largest absolute Gasteiger partial charge is 0.360 e. The minimum Gasteiger partial charge on any atom is -0.360 e. The molecule has 1 aromatic heterocycles. The fraction of sp³-hybridized carbons (Fsp3) is 0.750. The average Bonchev–Trinajstić information content (AvgIpc) is 2.95. The van der Waals surface area contributed by atoms with Gasteiger partial charge in [0.2, 0.25) is 0 Å². The van der Waals surface area contributed by atoms with E-state index in [2.05, 4.69) is 79.7 Å². The van der Waals surface area contributed by atoms with Gasteiger partial charge >= 0.3 is 0 Å². The summed E-state index contributed by atoms with van der Waals surface area (Å²) in [6.45, 7) is 12.1. The second kappa shape index (κ2) is 9.00. The van der Waals surface area contributed by atoms with Crippen molar-refractivity contribution in [3.63, 3.8) is 0 Å². The Morgan fingerprint density at radius 2 is 1.88 bits per heavy atom. The maximum absolute atomic E-state index is 5.84. The summed E-state index contributed by atoms with van der Waals surface area (Å²) in [5.74, 6) is 0. The first-order valence-electron chi connectivity index (χ1n) is 9.58. The molecule has 2 N–H and O–H groups in total. The van der Waals surface area contributed by atoms with Crippen molar-refractivity contribution in [1.82, 2.24) is 20.4 Å². The zero-order valence-electron chi connectivity index (χ0n) is 17.3. The summed E-state index contributed by atoms with van der Waals surface area (Å²) in [6.07, 6.45) is 3.28. The van der Waals surface area contributed by atoms with E-state index in [0.717, 1.165) is 44.0 Å². The molecule has 0 spiro atoms. The van der Waals surface area contributed by atoms with E-state index in [0.29, 0.717) is 6.04 Å². The molecule has 1 aliphatic heterocycles.